The van der Waals surface area contributed by atoms with E-state index >= 15 is 0 Å². The molecule has 0 aliphatic carbocycles. The fraction of sp³-hybridized carbons (Fsp3) is 0.250. The van der Waals surface area contributed by atoms with Gasteiger partial charge in [-0.1, -0.05) is 18.2 Å². The molecule has 0 amide bonds. The lowest BCUT2D eigenvalue weighted by Gasteiger charge is -2.45. The van der Waals surface area contributed by atoms with Crippen LogP contribution in [0.5, 0.6) is 5.75 Å². The van der Waals surface area contributed by atoms with Crippen LogP contribution in [0.4, 0.5) is 5.69 Å². The molecule has 0 N–H and O–H groups in total. The van der Waals surface area contributed by atoms with Crippen molar-refractivity contribution in [3.8, 4) is 5.75 Å². The number of fused-ring (bicyclic) bond motifs is 2. The van der Waals surface area contributed by atoms with Gasteiger partial charge in [-0.3, -0.25) is 4.79 Å². The SMILES string of the molecule is CN1c2ccccc2C(C)(C)C12C=Cc1cc(C=O)ccc1O2. The van der Waals surface area contributed by atoms with Crippen LogP contribution < -0.4 is 9.64 Å². The summed E-state index contributed by atoms with van der Waals surface area (Å²) in [4.78, 5) is 13.2. The van der Waals surface area contributed by atoms with Crippen LogP contribution in [0, 0.1) is 0 Å². The fourth-order valence-corrected chi connectivity index (χ4v) is 3.87. The zero-order valence-corrected chi connectivity index (χ0v) is 13.5. The van der Waals surface area contributed by atoms with E-state index in [9.17, 15) is 4.79 Å². The Kier molecular flexibility index (Phi) is 2.74. The number of hydrogen-bond donors (Lipinski definition) is 0. The topological polar surface area (TPSA) is 29.5 Å². The zero-order valence-electron chi connectivity index (χ0n) is 13.5. The lowest BCUT2D eigenvalue weighted by Crippen LogP contribution is -2.58. The van der Waals surface area contributed by atoms with Gasteiger partial charge in [-0.15, -0.1) is 0 Å². The van der Waals surface area contributed by atoms with Crippen LogP contribution in [0.25, 0.3) is 6.08 Å². The molecule has 2 aliphatic heterocycles. The number of carbonyl (C=O) groups is 1. The van der Waals surface area contributed by atoms with E-state index in [-0.39, 0.29) is 5.41 Å². The number of para-hydroxylation sites is 1. The maximum Gasteiger partial charge on any atom is 0.211 e. The Morgan fingerprint density at radius 1 is 1.13 bits per heavy atom. The predicted molar refractivity (Wildman–Crippen MR) is 92.1 cm³/mol. The van der Waals surface area contributed by atoms with E-state index in [4.69, 9.17) is 4.74 Å². The number of hydrogen-bond acceptors (Lipinski definition) is 3. The van der Waals surface area contributed by atoms with Gasteiger partial charge >= 0.3 is 0 Å². The summed E-state index contributed by atoms with van der Waals surface area (Å²) < 4.78 is 6.51. The van der Waals surface area contributed by atoms with Gasteiger partial charge in [0.15, 0.2) is 0 Å². The van der Waals surface area contributed by atoms with Gasteiger partial charge in [-0.2, -0.15) is 0 Å². The Bertz CT molecular complexity index is 837. The monoisotopic (exact) mass is 305 g/mol. The van der Waals surface area contributed by atoms with E-state index in [0.29, 0.717) is 5.56 Å². The summed E-state index contributed by atoms with van der Waals surface area (Å²) in [5.41, 5.74) is 3.31. The summed E-state index contributed by atoms with van der Waals surface area (Å²) in [6.45, 7) is 4.43. The fourth-order valence-electron chi connectivity index (χ4n) is 3.87. The molecule has 2 aromatic rings. The van der Waals surface area contributed by atoms with Crippen LogP contribution in [0.2, 0.25) is 0 Å². The highest BCUT2D eigenvalue weighted by Gasteiger charge is 2.57. The first-order valence-corrected chi connectivity index (χ1v) is 7.80. The summed E-state index contributed by atoms with van der Waals surface area (Å²) in [5.74, 6) is 0.811. The third-order valence-electron chi connectivity index (χ3n) is 5.26. The molecule has 4 rings (SSSR count). The minimum atomic E-state index is -0.563. The highest BCUT2D eigenvalue weighted by Crippen LogP contribution is 2.54. The number of rotatable bonds is 1. The maximum absolute atomic E-state index is 11.0. The van der Waals surface area contributed by atoms with Crippen molar-refractivity contribution in [1.82, 2.24) is 0 Å². The second-order valence-corrected chi connectivity index (χ2v) is 6.75. The van der Waals surface area contributed by atoms with Gasteiger partial charge in [-0.25, -0.2) is 0 Å². The number of nitrogens with zero attached hydrogens (tertiary/aromatic N) is 1. The highest BCUT2D eigenvalue weighted by molar-refractivity contribution is 5.79. The number of likely N-dealkylation sites (N-methyl/N-ethyl adjacent to an activating group) is 1. The molecule has 0 bridgehead atoms. The molecule has 0 fully saturated rings. The van der Waals surface area contributed by atoms with E-state index < -0.39 is 5.72 Å². The van der Waals surface area contributed by atoms with Crippen LogP contribution in [0.3, 0.4) is 0 Å². The molecule has 1 unspecified atom stereocenters. The molecule has 0 radical (unpaired) electrons. The smallest absolute Gasteiger partial charge is 0.211 e. The van der Waals surface area contributed by atoms with Crippen molar-refractivity contribution in [2.45, 2.75) is 25.0 Å². The summed E-state index contributed by atoms with van der Waals surface area (Å²) in [6.07, 6.45) is 5.04. The van der Waals surface area contributed by atoms with Crippen LogP contribution in [0.15, 0.2) is 48.5 Å². The number of carbonyl (C=O) groups excluding carboxylic acids is 1. The standard InChI is InChI=1S/C20H19NO2/c1-19(2)16-6-4-5-7-17(16)21(3)20(19)11-10-15-12-14(13-22)8-9-18(15)23-20/h4-13H,1-3H3. The van der Waals surface area contributed by atoms with Gasteiger partial charge < -0.3 is 9.64 Å². The Morgan fingerprint density at radius 2 is 1.91 bits per heavy atom. The molecule has 1 spiro atoms. The first-order chi connectivity index (χ1) is 11.0. The molecule has 1 atom stereocenters. The molecule has 0 saturated heterocycles. The minimum absolute atomic E-state index is 0.199. The molecule has 0 saturated carbocycles. The van der Waals surface area contributed by atoms with Crippen molar-refractivity contribution >= 4 is 18.0 Å². The first kappa shape index (κ1) is 14.1. The lowest BCUT2D eigenvalue weighted by atomic mass is 9.76. The van der Waals surface area contributed by atoms with E-state index in [0.717, 1.165) is 17.6 Å². The number of aldehydes is 1. The summed E-state index contributed by atoms with van der Waals surface area (Å²) in [6, 6.07) is 14.0. The molecule has 2 aromatic carbocycles. The van der Waals surface area contributed by atoms with Gasteiger partial charge in [0.05, 0.1) is 5.41 Å². The summed E-state index contributed by atoms with van der Waals surface area (Å²) >= 11 is 0. The molecule has 2 heterocycles. The van der Waals surface area contributed by atoms with Crippen LogP contribution in [0.1, 0.15) is 35.3 Å². The molecule has 0 aromatic heterocycles. The Labute approximate surface area is 136 Å². The molecule has 2 aliphatic rings. The predicted octanol–water partition coefficient (Wildman–Crippen LogP) is 4.03. The zero-order chi connectivity index (χ0) is 16.2. The minimum Gasteiger partial charge on any atom is -0.463 e. The first-order valence-electron chi connectivity index (χ1n) is 7.80. The van der Waals surface area contributed by atoms with Gasteiger partial charge in [-0.05, 0) is 55.8 Å². The largest absolute Gasteiger partial charge is 0.463 e. The molecular formula is C20H19NO2. The van der Waals surface area contributed by atoms with E-state index in [1.807, 2.05) is 12.1 Å². The van der Waals surface area contributed by atoms with Gasteiger partial charge in [0, 0.05) is 23.9 Å². The average molecular weight is 305 g/mol. The van der Waals surface area contributed by atoms with E-state index in [1.165, 1.54) is 11.3 Å². The van der Waals surface area contributed by atoms with Gasteiger partial charge in [0.1, 0.15) is 12.0 Å². The number of ether oxygens (including phenoxy) is 1. The van der Waals surface area contributed by atoms with Crippen molar-refractivity contribution in [1.29, 1.82) is 0 Å². The average Bonchev–Trinajstić information content (AvgIpc) is 2.74. The summed E-state index contributed by atoms with van der Waals surface area (Å²) in [7, 11) is 2.07. The van der Waals surface area contributed by atoms with Crippen molar-refractivity contribution in [3.63, 3.8) is 0 Å². The Morgan fingerprint density at radius 3 is 2.65 bits per heavy atom. The van der Waals surface area contributed by atoms with Crippen LogP contribution in [-0.2, 0) is 5.41 Å². The van der Waals surface area contributed by atoms with Gasteiger partial charge in [0.2, 0.25) is 5.72 Å². The van der Waals surface area contributed by atoms with E-state index in [1.54, 1.807) is 6.07 Å². The highest BCUT2D eigenvalue weighted by atomic mass is 16.5. The van der Waals surface area contributed by atoms with Gasteiger partial charge in [0.25, 0.3) is 0 Å². The molecule has 116 valence electrons. The maximum atomic E-state index is 11.0. The molecular weight excluding hydrogens is 286 g/mol. The van der Waals surface area contributed by atoms with Crippen LogP contribution >= 0.6 is 0 Å². The van der Waals surface area contributed by atoms with Crippen molar-refractivity contribution in [2.24, 2.45) is 0 Å². The second kappa shape index (κ2) is 4.48. The second-order valence-electron chi connectivity index (χ2n) is 6.75. The normalized spacial score (nSPS) is 23.3. The number of anilines is 1. The molecule has 3 nitrogen and oxygen atoms in total. The van der Waals surface area contributed by atoms with E-state index in [2.05, 4.69) is 62.2 Å². The lowest BCUT2D eigenvalue weighted by molar-refractivity contribution is 0.0581. The third-order valence-corrected chi connectivity index (χ3v) is 5.26. The van der Waals surface area contributed by atoms with Crippen LogP contribution in [-0.4, -0.2) is 19.1 Å². The summed E-state index contributed by atoms with van der Waals surface area (Å²) in [5, 5.41) is 0. The van der Waals surface area contributed by atoms with Crippen molar-refractivity contribution in [3.05, 3.63) is 65.2 Å². The molecule has 3 heteroatoms. The Balaban J connectivity index is 1.87. The number of benzene rings is 2. The molecule has 23 heavy (non-hydrogen) atoms. The quantitative estimate of drug-likeness (QED) is 0.745. The third kappa shape index (κ3) is 1.68. The van der Waals surface area contributed by atoms with Crippen molar-refractivity contribution < 1.29 is 9.53 Å². The Hall–Kier alpha value is -2.55. The van der Waals surface area contributed by atoms with Crippen molar-refractivity contribution in [2.75, 3.05) is 11.9 Å².